The quantitative estimate of drug-likeness (QED) is 0.862. The Morgan fingerprint density at radius 1 is 0.952 bits per heavy atom. The lowest BCUT2D eigenvalue weighted by molar-refractivity contribution is 0.860. The van der Waals surface area contributed by atoms with E-state index in [2.05, 4.69) is 88.4 Å². The van der Waals surface area contributed by atoms with Gasteiger partial charge in [0.15, 0.2) is 0 Å². The summed E-state index contributed by atoms with van der Waals surface area (Å²) in [5.41, 5.74) is 7.83. The van der Waals surface area contributed by atoms with Crippen LogP contribution in [-0.2, 0) is 0 Å². The number of para-hydroxylation sites is 2. The normalized spacial score (nSPS) is 12.1. The molecule has 0 fully saturated rings. The molecule has 2 rings (SSSR count). The number of nitrogens with zero attached hydrogens (tertiary/aromatic N) is 1. The molecule has 1 atom stereocenters. The van der Waals surface area contributed by atoms with E-state index in [0.29, 0.717) is 0 Å². The van der Waals surface area contributed by atoms with Gasteiger partial charge >= 0.3 is 0 Å². The van der Waals surface area contributed by atoms with Crippen molar-refractivity contribution in [3.05, 3.63) is 58.7 Å². The fourth-order valence-electron chi connectivity index (χ4n) is 3.17. The van der Waals surface area contributed by atoms with Gasteiger partial charge in [0.25, 0.3) is 0 Å². The summed E-state index contributed by atoms with van der Waals surface area (Å²) >= 11 is 0. The Labute approximate surface area is 128 Å². The van der Waals surface area contributed by atoms with Crippen molar-refractivity contribution in [1.29, 1.82) is 0 Å². The highest BCUT2D eigenvalue weighted by molar-refractivity contribution is 5.70. The predicted octanol–water partition coefficient (Wildman–Crippen LogP) is 4.85. The maximum absolute atomic E-state index is 3.67. The monoisotopic (exact) mass is 282 g/mol. The molecule has 0 aromatic heterocycles. The van der Waals surface area contributed by atoms with Crippen molar-refractivity contribution in [1.82, 2.24) is 0 Å². The maximum Gasteiger partial charge on any atom is 0.0596 e. The molecular formula is C19H26N2. The van der Waals surface area contributed by atoms with Crippen molar-refractivity contribution in [2.75, 3.05) is 24.3 Å². The number of anilines is 2. The SMILES string of the molecule is Cc1cc(C)c(C(C)Nc2ccccc2N(C)C)c(C)c1. The maximum atomic E-state index is 3.67. The molecule has 0 saturated carbocycles. The van der Waals surface area contributed by atoms with Crippen LogP contribution in [0.3, 0.4) is 0 Å². The van der Waals surface area contributed by atoms with Gasteiger partial charge in [-0.25, -0.2) is 0 Å². The third-order valence-corrected chi connectivity index (χ3v) is 3.93. The molecule has 0 bridgehead atoms. The highest BCUT2D eigenvalue weighted by Gasteiger charge is 2.13. The molecule has 21 heavy (non-hydrogen) atoms. The third kappa shape index (κ3) is 3.38. The summed E-state index contributed by atoms with van der Waals surface area (Å²) in [6, 6.07) is 13.3. The van der Waals surface area contributed by atoms with Crippen molar-refractivity contribution in [3.8, 4) is 0 Å². The molecule has 0 radical (unpaired) electrons. The molecular weight excluding hydrogens is 256 g/mol. The van der Waals surface area contributed by atoms with Crippen LogP contribution in [0.4, 0.5) is 11.4 Å². The Bertz CT molecular complexity index is 606. The van der Waals surface area contributed by atoms with Crippen LogP contribution in [0.1, 0.15) is 35.2 Å². The molecule has 2 nitrogen and oxygen atoms in total. The summed E-state index contributed by atoms with van der Waals surface area (Å²) in [5, 5.41) is 3.67. The van der Waals surface area contributed by atoms with E-state index >= 15 is 0 Å². The molecule has 0 heterocycles. The van der Waals surface area contributed by atoms with E-state index in [4.69, 9.17) is 0 Å². The minimum absolute atomic E-state index is 0.284. The fourth-order valence-corrected chi connectivity index (χ4v) is 3.17. The van der Waals surface area contributed by atoms with E-state index in [9.17, 15) is 0 Å². The summed E-state index contributed by atoms with van der Waals surface area (Å²) in [4.78, 5) is 2.14. The molecule has 2 aromatic carbocycles. The van der Waals surface area contributed by atoms with E-state index in [0.717, 1.165) is 0 Å². The Kier molecular flexibility index (Phi) is 4.56. The first-order valence-electron chi connectivity index (χ1n) is 7.50. The van der Waals surface area contributed by atoms with Crippen LogP contribution in [0.15, 0.2) is 36.4 Å². The number of rotatable bonds is 4. The number of hydrogen-bond acceptors (Lipinski definition) is 2. The zero-order chi connectivity index (χ0) is 15.6. The lowest BCUT2D eigenvalue weighted by Gasteiger charge is -2.24. The van der Waals surface area contributed by atoms with Crippen LogP contribution >= 0.6 is 0 Å². The first kappa shape index (κ1) is 15.4. The average molecular weight is 282 g/mol. The summed E-state index contributed by atoms with van der Waals surface area (Å²) in [6.45, 7) is 8.79. The Balaban J connectivity index is 2.33. The van der Waals surface area contributed by atoms with Crippen LogP contribution in [-0.4, -0.2) is 14.1 Å². The van der Waals surface area contributed by atoms with Crippen molar-refractivity contribution in [2.45, 2.75) is 33.7 Å². The molecule has 1 N–H and O–H groups in total. The molecule has 0 aliphatic heterocycles. The second-order valence-corrected chi connectivity index (χ2v) is 6.09. The number of aryl methyl sites for hydroxylation is 3. The summed E-state index contributed by atoms with van der Waals surface area (Å²) in [6.07, 6.45) is 0. The molecule has 0 saturated heterocycles. The minimum atomic E-state index is 0.284. The topological polar surface area (TPSA) is 15.3 Å². The summed E-state index contributed by atoms with van der Waals surface area (Å²) in [7, 11) is 4.15. The molecule has 1 unspecified atom stereocenters. The van der Waals surface area contributed by atoms with E-state index in [-0.39, 0.29) is 6.04 Å². The van der Waals surface area contributed by atoms with Gasteiger partial charge in [-0.1, -0.05) is 29.8 Å². The van der Waals surface area contributed by atoms with Crippen molar-refractivity contribution < 1.29 is 0 Å². The van der Waals surface area contributed by atoms with Crippen LogP contribution in [0.5, 0.6) is 0 Å². The molecule has 0 amide bonds. The predicted molar refractivity (Wildman–Crippen MR) is 93.5 cm³/mol. The fraction of sp³-hybridized carbons (Fsp3) is 0.368. The van der Waals surface area contributed by atoms with Crippen LogP contribution < -0.4 is 10.2 Å². The highest BCUT2D eigenvalue weighted by Crippen LogP contribution is 2.30. The molecule has 2 heteroatoms. The molecule has 2 aromatic rings. The Hall–Kier alpha value is -1.96. The number of benzene rings is 2. The van der Waals surface area contributed by atoms with Gasteiger partial charge in [-0.15, -0.1) is 0 Å². The standard InChI is InChI=1S/C19H26N2/c1-13-11-14(2)19(15(3)12-13)16(4)20-17-9-7-8-10-18(17)21(5)6/h7-12,16,20H,1-6H3. The summed E-state index contributed by atoms with van der Waals surface area (Å²) < 4.78 is 0. The lowest BCUT2D eigenvalue weighted by Crippen LogP contribution is -2.15. The van der Waals surface area contributed by atoms with E-state index in [1.54, 1.807) is 0 Å². The lowest BCUT2D eigenvalue weighted by atomic mass is 9.94. The van der Waals surface area contributed by atoms with Crippen LogP contribution in [0, 0.1) is 20.8 Å². The largest absolute Gasteiger partial charge is 0.377 e. The van der Waals surface area contributed by atoms with Crippen LogP contribution in [0.25, 0.3) is 0 Å². The molecule has 112 valence electrons. The van der Waals surface area contributed by atoms with Gasteiger partial charge in [0.1, 0.15) is 0 Å². The van der Waals surface area contributed by atoms with Crippen molar-refractivity contribution in [2.24, 2.45) is 0 Å². The molecule has 0 spiro atoms. The molecule has 0 aliphatic carbocycles. The Morgan fingerprint density at radius 3 is 2.10 bits per heavy atom. The van der Waals surface area contributed by atoms with Crippen molar-refractivity contribution >= 4 is 11.4 Å². The van der Waals surface area contributed by atoms with Crippen LogP contribution in [0.2, 0.25) is 0 Å². The van der Waals surface area contributed by atoms with Gasteiger partial charge in [-0.05, 0) is 56.5 Å². The van der Waals surface area contributed by atoms with Gasteiger partial charge in [0.2, 0.25) is 0 Å². The van der Waals surface area contributed by atoms with E-state index in [1.807, 2.05) is 0 Å². The van der Waals surface area contributed by atoms with Gasteiger partial charge < -0.3 is 10.2 Å². The second-order valence-electron chi connectivity index (χ2n) is 6.09. The van der Waals surface area contributed by atoms with Crippen molar-refractivity contribution in [3.63, 3.8) is 0 Å². The second kappa shape index (κ2) is 6.21. The smallest absolute Gasteiger partial charge is 0.0596 e. The van der Waals surface area contributed by atoms with E-state index in [1.165, 1.54) is 33.6 Å². The first-order valence-corrected chi connectivity index (χ1v) is 7.50. The van der Waals surface area contributed by atoms with Gasteiger partial charge in [0.05, 0.1) is 11.4 Å². The van der Waals surface area contributed by atoms with Gasteiger partial charge in [-0.2, -0.15) is 0 Å². The zero-order valence-electron chi connectivity index (χ0n) is 14.0. The minimum Gasteiger partial charge on any atom is -0.377 e. The highest BCUT2D eigenvalue weighted by atomic mass is 15.1. The first-order chi connectivity index (χ1) is 9.90. The third-order valence-electron chi connectivity index (χ3n) is 3.93. The summed E-state index contributed by atoms with van der Waals surface area (Å²) in [5.74, 6) is 0. The molecule has 0 aliphatic rings. The average Bonchev–Trinajstić information content (AvgIpc) is 2.37. The van der Waals surface area contributed by atoms with Gasteiger partial charge in [0, 0.05) is 20.1 Å². The zero-order valence-corrected chi connectivity index (χ0v) is 14.0. The number of hydrogen-bond donors (Lipinski definition) is 1. The Morgan fingerprint density at radius 2 is 1.52 bits per heavy atom. The van der Waals surface area contributed by atoms with E-state index < -0.39 is 0 Å². The number of nitrogens with one attached hydrogen (secondary N) is 1. The van der Waals surface area contributed by atoms with Gasteiger partial charge in [-0.3, -0.25) is 0 Å².